The second-order valence-electron chi connectivity index (χ2n) is 11.2. The predicted octanol–water partition coefficient (Wildman–Crippen LogP) is 6.77. The normalized spacial score (nSPS) is 38.8. The molecule has 4 saturated heterocycles. The molecule has 37 heavy (non-hydrogen) atoms. The van der Waals surface area contributed by atoms with Crippen LogP contribution in [-0.4, -0.2) is 80.1 Å². The van der Waals surface area contributed by atoms with Gasteiger partial charge >= 0.3 is 0 Å². The number of hydrogen-bond donors (Lipinski definition) is 2. The molecule has 0 bridgehead atoms. The van der Waals surface area contributed by atoms with Crippen molar-refractivity contribution in [2.75, 3.05) is 22.1 Å². The lowest BCUT2D eigenvalue weighted by Gasteiger charge is -2.41. The van der Waals surface area contributed by atoms with Gasteiger partial charge in [0, 0.05) is 28.3 Å². The zero-order valence-electron chi connectivity index (χ0n) is 22.5. The summed E-state index contributed by atoms with van der Waals surface area (Å²) in [6.07, 6.45) is 16.8. The molecule has 4 aliphatic rings. The van der Waals surface area contributed by atoms with Gasteiger partial charge in [-0.15, -0.1) is 0 Å². The van der Waals surface area contributed by atoms with Gasteiger partial charge < -0.3 is 29.2 Å². The Labute approximate surface area is 254 Å². The molecule has 4 fully saturated rings. The van der Waals surface area contributed by atoms with Gasteiger partial charge in [0.05, 0.1) is 43.2 Å². The highest BCUT2D eigenvalue weighted by Crippen LogP contribution is 2.45. The summed E-state index contributed by atoms with van der Waals surface area (Å²) in [5.74, 6) is 0. The van der Waals surface area contributed by atoms with Gasteiger partial charge in [-0.05, 0) is 51.4 Å². The highest BCUT2D eigenvalue weighted by atomic mass is 127. The van der Waals surface area contributed by atoms with Crippen LogP contribution in [0.2, 0.25) is 0 Å². The number of aliphatic hydroxyl groups is 2. The molecule has 0 aromatic carbocycles. The molecule has 0 radical (unpaired) electrons. The van der Waals surface area contributed by atoms with E-state index in [9.17, 15) is 5.11 Å². The fraction of sp³-hybridized carbons (Fsp3) is 1.00. The fourth-order valence-corrected chi connectivity index (χ4v) is 8.14. The molecule has 4 heterocycles. The summed E-state index contributed by atoms with van der Waals surface area (Å²) in [5.41, 5.74) is -0.468. The van der Waals surface area contributed by atoms with Gasteiger partial charge in [-0.25, -0.2) is 0 Å². The van der Waals surface area contributed by atoms with Crippen LogP contribution in [0, 0.1) is 0 Å². The molecule has 2 N–H and O–H groups in total. The summed E-state index contributed by atoms with van der Waals surface area (Å²) in [6.45, 7) is 4.61. The molecule has 220 valence electrons. The molecule has 0 aromatic rings. The number of fused-ring (bicyclic) bond motifs is 2. The smallest absolute Gasteiger partial charge is 0.120 e. The van der Waals surface area contributed by atoms with Crippen LogP contribution in [0.15, 0.2) is 0 Å². The zero-order valence-corrected chi connectivity index (χ0v) is 26.8. The van der Waals surface area contributed by atoms with Gasteiger partial charge in [-0.3, -0.25) is 0 Å². The molecule has 0 unspecified atom stereocenters. The molecule has 0 amide bonds. The van der Waals surface area contributed by atoms with Crippen molar-refractivity contribution in [1.82, 2.24) is 0 Å². The van der Waals surface area contributed by atoms with Gasteiger partial charge in [-0.2, -0.15) is 0 Å². The number of aliphatic hydroxyl groups excluding tert-OH is 2. The Morgan fingerprint density at radius 1 is 0.703 bits per heavy atom. The topological polar surface area (TPSA) is 77.4 Å². The molecule has 0 saturated carbocycles. The van der Waals surface area contributed by atoms with Crippen molar-refractivity contribution in [3.8, 4) is 0 Å². The maximum Gasteiger partial charge on any atom is 0.120 e. The molecule has 0 spiro atoms. The largest absolute Gasteiger partial charge is 0.396 e. The average molecular weight is 753 g/mol. The van der Waals surface area contributed by atoms with Gasteiger partial charge in [0.2, 0.25) is 0 Å². The third-order valence-corrected chi connectivity index (χ3v) is 10.4. The van der Waals surface area contributed by atoms with Crippen molar-refractivity contribution in [2.45, 2.75) is 159 Å². The zero-order chi connectivity index (χ0) is 26.0. The lowest BCUT2D eigenvalue weighted by molar-refractivity contribution is -0.185. The van der Waals surface area contributed by atoms with Crippen LogP contribution in [0.3, 0.4) is 0 Å². The summed E-state index contributed by atoms with van der Waals surface area (Å²) >= 11 is 4.95. The van der Waals surface area contributed by atoms with E-state index in [4.69, 9.17) is 24.1 Å². The summed E-state index contributed by atoms with van der Waals surface area (Å²) < 4.78 is 27.1. The molecule has 6 nitrogen and oxygen atoms in total. The minimum atomic E-state index is -0.503. The van der Waals surface area contributed by atoms with E-state index in [0.29, 0.717) is 24.7 Å². The Morgan fingerprint density at radius 3 is 1.70 bits per heavy atom. The van der Waals surface area contributed by atoms with Crippen LogP contribution in [0.1, 0.15) is 111 Å². The first kappa shape index (κ1) is 34.4. The number of unbranched alkanes of at least 4 members (excludes halogenated alkanes) is 2. The van der Waals surface area contributed by atoms with E-state index in [1.807, 2.05) is 0 Å². The second-order valence-corrected chi connectivity index (χ2v) is 13.1. The Hall–Kier alpha value is 1.22. The molecular weight excluding hydrogens is 698 g/mol. The molecule has 8 heteroatoms. The van der Waals surface area contributed by atoms with Crippen molar-refractivity contribution in [3.63, 3.8) is 0 Å². The lowest BCUT2D eigenvalue weighted by Crippen LogP contribution is -2.51. The van der Waals surface area contributed by atoms with Gasteiger partial charge in [-0.1, -0.05) is 92.1 Å². The van der Waals surface area contributed by atoms with Gasteiger partial charge in [0.15, 0.2) is 0 Å². The van der Waals surface area contributed by atoms with E-state index in [1.165, 1.54) is 55.8 Å². The molecule has 8 atom stereocenters. The summed E-state index contributed by atoms with van der Waals surface area (Å²) in [4.78, 5) is 0. The molecule has 4 rings (SSSR count). The minimum absolute atomic E-state index is 0. The quantitative estimate of drug-likeness (QED) is 0.169. The monoisotopic (exact) mass is 752 g/mol. The molecular formula is C29H54I2O6. The van der Waals surface area contributed by atoms with E-state index in [-0.39, 0.29) is 44.6 Å². The van der Waals surface area contributed by atoms with Crippen molar-refractivity contribution >= 4 is 45.2 Å². The first-order valence-electron chi connectivity index (χ1n) is 14.5. The van der Waals surface area contributed by atoms with Crippen molar-refractivity contribution in [1.29, 1.82) is 0 Å². The third kappa shape index (κ3) is 9.10. The number of ether oxygens (including phenoxy) is 4. The van der Waals surface area contributed by atoms with E-state index >= 15 is 0 Å². The summed E-state index contributed by atoms with van der Waals surface area (Å²) in [5, 5.41) is 18.7. The van der Waals surface area contributed by atoms with Crippen LogP contribution < -0.4 is 0 Å². The maximum atomic E-state index is 9.71. The minimum Gasteiger partial charge on any atom is -0.396 e. The number of hydrogen-bond acceptors (Lipinski definition) is 6. The Kier molecular flexibility index (Phi) is 16.0. The summed E-state index contributed by atoms with van der Waals surface area (Å²) in [7, 11) is 0. The highest BCUT2D eigenvalue weighted by molar-refractivity contribution is 14.1. The van der Waals surface area contributed by atoms with E-state index < -0.39 is 5.60 Å². The van der Waals surface area contributed by atoms with E-state index in [2.05, 4.69) is 59.0 Å². The average Bonchev–Trinajstić information content (AvgIpc) is 3.45. The highest BCUT2D eigenvalue weighted by Gasteiger charge is 2.53. The Balaban J connectivity index is 0.000000253. The lowest BCUT2D eigenvalue weighted by atomic mass is 9.86. The number of rotatable bonds is 12. The van der Waals surface area contributed by atoms with E-state index in [0.717, 1.165) is 36.5 Å². The van der Waals surface area contributed by atoms with Crippen molar-refractivity contribution in [3.05, 3.63) is 0 Å². The number of alkyl halides is 2. The fourth-order valence-electron chi connectivity index (χ4n) is 6.46. The van der Waals surface area contributed by atoms with Gasteiger partial charge in [0.25, 0.3) is 0 Å². The molecule has 0 aromatic heterocycles. The second kappa shape index (κ2) is 17.2. The van der Waals surface area contributed by atoms with Crippen LogP contribution >= 0.6 is 45.2 Å². The molecule has 0 aliphatic carbocycles. The maximum absolute atomic E-state index is 9.71. The molecule has 4 aliphatic heterocycles. The third-order valence-electron chi connectivity index (χ3n) is 8.47. The Morgan fingerprint density at radius 2 is 1.22 bits per heavy atom. The summed E-state index contributed by atoms with van der Waals surface area (Å²) in [6, 6.07) is 0. The van der Waals surface area contributed by atoms with Crippen LogP contribution in [0.4, 0.5) is 0 Å². The van der Waals surface area contributed by atoms with Crippen LogP contribution in [0.25, 0.3) is 0 Å². The first-order valence-corrected chi connectivity index (χ1v) is 17.5. The standard InChI is InChI=1S/C14H24I2O2.C14H26O4.CH4/c2*1-2-3-4-12-9-14(10-16)13(17-12)6-5-11(18-14)7-8-15;/h11-13H,2-10H2,1H3;11-13,15-16H,2-10H2,1H3;1H4/t2*11-,12+,13+,14-;/m11./s1. The SMILES string of the molecule is C.CCCC[C@H]1C[C@]2(CI)O[C@@H](CCI)CC[C@@H]2O1.CCCC[C@H]1C[C@]2(CO)O[C@@H](CCO)CC[C@@H]2O1. The van der Waals surface area contributed by atoms with Gasteiger partial charge in [0.1, 0.15) is 11.2 Å². The number of halogens is 2. The van der Waals surface area contributed by atoms with Crippen LogP contribution in [0.5, 0.6) is 0 Å². The predicted molar refractivity (Wildman–Crippen MR) is 167 cm³/mol. The Bertz CT molecular complexity index is 575. The van der Waals surface area contributed by atoms with Crippen molar-refractivity contribution < 1.29 is 29.2 Å². The first-order chi connectivity index (χ1) is 17.5. The van der Waals surface area contributed by atoms with E-state index in [1.54, 1.807) is 0 Å². The van der Waals surface area contributed by atoms with Crippen LogP contribution in [-0.2, 0) is 18.9 Å². The van der Waals surface area contributed by atoms with Crippen molar-refractivity contribution in [2.24, 2.45) is 0 Å².